The van der Waals surface area contributed by atoms with Crippen LogP contribution in [0.4, 0.5) is 34.1 Å². The van der Waals surface area contributed by atoms with Gasteiger partial charge in [0, 0.05) is 92.7 Å². The maximum Gasteiger partial charge on any atom is 0.159 e. The van der Waals surface area contributed by atoms with Crippen molar-refractivity contribution in [2.75, 3.05) is 9.80 Å². The van der Waals surface area contributed by atoms with Gasteiger partial charge >= 0.3 is 0 Å². The number of fused-ring (bicyclic) bond motifs is 18. The molecule has 4 heterocycles. The first-order chi connectivity index (χ1) is 59.0. The van der Waals surface area contributed by atoms with E-state index in [1.54, 1.807) is 0 Å². The van der Waals surface area contributed by atoms with Gasteiger partial charge in [0.2, 0.25) is 0 Å². The van der Waals surface area contributed by atoms with Crippen molar-refractivity contribution in [1.82, 2.24) is 9.13 Å². The summed E-state index contributed by atoms with van der Waals surface area (Å²) < 4.78 is 14.1. The van der Waals surface area contributed by atoms with Crippen LogP contribution in [0.5, 0.6) is 0 Å². The third kappa shape index (κ3) is 11.4. The highest BCUT2D eigenvalue weighted by atomic mass is 32.1. The number of rotatable bonds is 12. The number of hydrogen-bond acceptors (Lipinski definition) is 4. The Kier molecular flexibility index (Phi) is 16.4. The highest BCUT2D eigenvalue weighted by Crippen LogP contribution is 2.55. The Labute approximate surface area is 701 Å². The third-order valence-electron chi connectivity index (χ3n) is 25.6. The van der Waals surface area contributed by atoms with Gasteiger partial charge in [-0.3, -0.25) is 0 Å². The molecule has 0 saturated heterocycles. The molecule has 2 aliphatic rings. The molecule has 120 heavy (non-hydrogen) atoms. The molecule has 0 fully saturated rings. The molecule has 0 saturated carbocycles. The predicted octanol–water partition coefficient (Wildman–Crippen LogP) is 32.1. The molecule has 0 bridgehead atoms. The van der Waals surface area contributed by atoms with E-state index in [0.717, 1.165) is 61.6 Å². The Balaban J connectivity index is 0.000000140. The van der Waals surface area contributed by atoms with Crippen molar-refractivity contribution in [2.24, 2.45) is 0 Å². The fourth-order valence-electron chi connectivity index (χ4n) is 19.7. The molecule has 24 rings (SSSR count). The number of nitrogens with zero attached hydrogens (tertiary/aromatic N) is 4. The number of thiophene rings is 1. The van der Waals surface area contributed by atoms with Gasteiger partial charge in [-0.15, -0.1) is 11.3 Å². The molecule has 0 aliphatic heterocycles. The zero-order valence-electron chi connectivity index (χ0n) is 66.9. The van der Waals surface area contributed by atoms with Crippen LogP contribution < -0.4 is 9.80 Å². The highest BCUT2D eigenvalue weighted by molar-refractivity contribution is 7.26. The fourth-order valence-corrected chi connectivity index (χ4v) is 20.9. The maximum absolute atomic E-state index is 6.68. The van der Waals surface area contributed by atoms with Crippen LogP contribution in [-0.4, -0.2) is 9.13 Å². The molecule has 18 aromatic carbocycles. The lowest BCUT2D eigenvalue weighted by atomic mass is 9.82. The lowest BCUT2D eigenvalue weighted by Crippen LogP contribution is -2.16. The van der Waals surface area contributed by atoms with Crippen molar-refractivity contribution in [3.8, 4) is 78.1 Å². The van der Waals surface area contributed by atoms with Crippen LogP contribution in [0.2, 0.25) is 0 Å². The van der Waals surface area contributed by atoms with Crippen LogP contribution in [0.1, 0.15) is 49.9 Å². The van der Waals surface area contributed by atoms with Gasteiger partial charge in [-0.05, 0) is 222 Å². The van der Waals surface area contributed by atoms with Crippen molar-refractivity contribution < 1.29 is 4.42 Å². The Morgan fingerprint density at radius 1 is 0.242 bits per heavy atom. The summed E-state index contributed by atoms with van der Waals surface area (Å²) in [4.78, 5) is 4.84. The first-order valence-electron chi connectivity index (χ1n) is 41.5. The minimum absolute atomic E-state index is 0.103. The van der Waals surface area contributed by atoms with Gasteiger partial charge in [0.15, 0.2) is 5.58 Å². The van der Waals surface area contributed by atoms with Gasteiger partial charge in [-0.1, -0.05) is 307 Å². The van der Waals surface area contributed by atoms with E-state index >= 15 is 0 Å². The summed E-state index contributed by atoms with van der Waals surface area (Å²) >= 11 is 1.88. The van der Waals surface area contributed by atoms with E-state index in [2.05, 4.69) is 453 Å². The van der Waals surface area contributed by atoms with Gasteiger partial charge in [0.05, 0.1) is 38.1 Å². The van der Waals surface area contributed by atoms with Crippen LogP contribution in [0.15, 0.2) is 417 Å². The van der Waals surface area contributed by atoms with Gasteiger partial charge < -0.3 is 23.4 Å². The van der Waals surface area contributed by atoms with Gasteiger partial charge in [-0.2, -0.15) is 0 Å². The van der Waals surface area contributed by atoms with Crippen molar-refractivity contribution in [3.05, 3.63) is 435 Å². The molecular weight excluding hydrogens is 1470 g/mol. The van der Waals surface area contributed by atoms with E-state index in [1.807, 2.05) is 17.4 Å². The van der Waals surface area contributed by atoms with E-state index in [9.17, 15) is 0 Å². The topological polar surface area (TPSA) is 29.5 Å². The smallest absolute Gasteiger partial charge is 0.159 e. The fraction of sp³-hybridized carbons (Fsp3) is 0.0526. The molecule has 568 valence electrons. The summed E-state index contributed by atoms with van der Waals surface area (Å²) in [5.74, 6) is 0. The molecule has 0 spiro atoms. The molecule has 0 amide bonds. The minimum atomic E-state index is -0.129. The molecule has 0 atom stereocenters. The Bertz CT molecular complexity index is 7350. The average molecular weight is 1550 g/mol. The monoisotopic (exact) mass is 1550 g/mol. The number of aromatic nitrogens is 2. The summed E-state index contributed by atoms with van der Waals surface area (Å²) in [5, 5.41) is 9.81. The Morgan fingerprint density at radius 3 is 1.13 bits per heavy atom. The van der Waals surface area contributed by atoms with Crippen molar-refractivity contribution in [2.45, 2.75) is 38.5 Å². The normalized spacial score (nSPS) is 13.0. The molecule has 5 nitrogen and oxygen atoms in total. The van der Waals surface area contributed by atoms with Gasteiger partial charge in [0.1, 0.15) is 5.58 Å². The number of para-hydroxylation sites is 4. The number of benzene rings is 18. The molecule has 0 radical (unpaired) electrons. The second-order valence-corrected chi connectivity index (χ2v) is 34.1. The lowest BCUT2D eigenvalue weighted by molar-refractivity contribution is 0.660. The van der Waals surface area contributed by atoms with Crippen molar-refractivity contribution >= 4 is 131 Å². The number of anilines is 6. The molecule has 0 unspecified atom stereocenters. The lowest BCUT2D eigenvalue weighted by Gasteiger charge is -2.28. The minimum Gasteiger partial charge on any atom is -0.454 e. The van der Waals surface area contributed by atoms with Crippen LogP contribution >= 0.6 is 11.3 Å². The second-order valence-electron chi connectivity index (χ2n) is 33.1. The summed E-state index contributed by atoms with van der Waals surface area (Å²) in [5.41, 5.74) is 35.7. The zero-order chi connectivity index (χ0) is 79.9. The molecule has 4 aromatic heterocycles. The SMILES string of the molecule is CC1(C)c2ccccc2-c2ccc(N(c3ccc(-c4ccc5c(c4)c4ccccc4n5-c4ccc(-c5ccccc5)cc4)cc3)c3cccc4c3oc3ccccc34)cc21.CC1(C)c2ccccc2-c2ccc(N(c3ccc(-c4ccc5c(c4)c4ccccc4n5-c4ccc(-c5ccccc5)cc4)cc3)c3cccc4c3sc3ccccc34)cc21. The zero-order valence-corrected chi connectivity index (χ0v) is 67.7. The van der Waals surface area contributed by atoms with E-state index in [4.69, 9.17) is 4.42 Å². The van der Waals surface area contributed by atoms with Crippen molar-refractivity contribution in [1.29, 1.82) is 0 Å². The van der Waals surface area contributed by atoms with Crippen LogP contribution in [0.25, 0.3) is 164 Å². The summed E-state index contributed by atoms with van der Waals surface area (Å²) in [7, 11) is 0. The molecule has 22 aromatic rings. The highest BCUT2D eigenvalue weighted by Gasteiger charge is 2.38. The maximum atomic E-state index is 6.68. The van der Waals surface area contributed by atoms with Crippen LogP contribution in [0.3, 0.4) is 0 Å². The second kappa shape index (κ2) is 28.0. The first kappa shape index (κ1) is 70.6. The van der Waals surface area contributed by atoms with Crippen LogP contribution in [0, 0.1) is 0 Å². The third-order valence-corrected chi connectivity index (χ3v) is 26.8. The summed E-state index contributed by atoms with van der Waals surface area (Å²) in [6.45, 7) is 9.42. The average Bonchev–Trinajstić information content (AvgIpc) is 1.49. The Hall–Kier alpha value is -14.8. The largest absolute Gasteiger partial charge is 0.454 e. The molecular formula is C114H80N4OS. The number of furan rings is 1. The van der Waals surface area contributed by atoms with Crippen molar-refractivity contribution in [3.63, 3.8) is 0 Å². The first-order valence-corrected chi connectivity index (χ1v) is 42.3. The van der Waals surface area contributed by atoms with E-state index < -0.39 is 0 Å². The van der Waals surface area contributed by atoms with E-state index in [0.29, 0.717) is 0 Å². The quantitative estimate of drug-likeness (QED) is 0.122. The van der Waals surface area contributed by atoms with Gasteiger partial charge in [-0.25, -0.2) is 0 Å². The molecule has 6 heteroatoms. The standard InChI is InChI=1S/C57H40N2O.C57H40N2S/c2*1-57(2)50-19-9-6-15-44(50)45-33-32-43(36-51(45)57)58(54-21-12-18-48-47-17-8-11-22-55(47)60-56(48)54)41-28-25-39(26-29-41)40-27-34-53-49(35-40)46-16-7-10-20-52(46)59(53)42-30-23-38(24-31-42)37-13-4-3-5-14-37/h2*3-36H,1-2H3. The van der Waals surface area contributed by atoms with E-state index in [1.165, 1.54) is 159 Å². The summed E-state index contributed by atoms with van der Waals surface area (Å²) in [6, 6.07) is 151. The predicted molar refractivity (Wildman–Crippen MR) is 508 cm³/mol. The van der Waals surface area contributed by atoms with Gasteiger partial charge in [0.25, 0.3) is 0 Å². The van der Waals surface area contributed by atoms with E-state index in [-0.39, 0.29) is 10.8 Å². The molecule has 2 aliphatic carbocycles. The Morgan fingerprint density at radius 2 is 0.608 bits per heavy atom. The molecule has 0 N–H and O–H groups in total. The van der Waals surface area contributed by atoms with Crippen LogP contribution in [-0.2, 0) is 10.8 Å². The summed E-state index contributed by atoms with van der Waals surface area (Å²) in [6.07, 6.45) is 0. The number of hydrogen-bond donors (Lipinski definition) is 0.